The molecule has 0 saturated carbocycles. The van der Waals surface area contributed by atoms with E-state index in [0.717, 1.165) is 70.8 Å². The SMILES string of the molecule is [C-]#[N+]c1ccc(-c2ccc(-c3nc(-c4ccccc4)nc(-c4ccc5oc6c(-c7ncc(Sc8ccccc8)c(-c8ccccc8)n7)cccc6c5c4)n3)cc2)cc1. The van der Waals surface area contributed by atoms with Gasteiger partial charge in [0.05, 0.1) is 22.7 Å². The molecule has 0 amide bonds. The Labute approximate surface area is 338 Å². The Morgan fingerprint density at radius 3 is 1.71 bits per heavy atom. The highest BCUT2D eigenvalue weighted by atomic mass is 32.2. The smallest absolute Gasteiger partial charge is 0.187 e. The van der Waals surface area contributed by atoms with Gasteiger partial charge in [-0.1, -0.05) is 151 Å². The van der Waals surface area contributed by atoms with Gasteiger partial charge in [0.25, 0.3) is 0 Å². The van der Waals surface area contributed by atoms with Crippen LogP contribution in [0.1, 0.15) is 0 Å². The number of benzene rings is 7. The van der Waals surface area contributed by atoms with Crippen LogP contribution in [0.2, 0.25) is 0 Å². The number of nitrogens with zero attached hydrogens (tertiary/aromatic N) is 6. The fourth-order valence-electron chi connectivity index (χ4n) is 7.00. The van der Waals surface area contributed by atoms with E-state index in [9.17, 15) is 0 Å². The number of aromatic nitrogens is 5. The zero-order chi connectivity index (χ0) is 38.8. The van der Waals surface area contributed by atoms with Crippen molar-refractivity contribution in [2.75, 3.05) is 0 Å². The molecule has 3 heterocycles. The van der Waals surface area contributed by atoms with Crippen LogP contribution < -0.4 is 0 Å². The topological polar surface area (TPSA) is 82.0 Å². The van der Waals surface area contributed by atoms with E-state index in [-0.39, 0.29) is 0 Å². The molecular formula is C50H30N6OS. The Kier molecular flexibility index (Phi) is 9.03. The minimum Gasteiger partial charge on any atom is -0.455 e. The second-order valence-electron chi connectivity index (χ2n) is 13.6. The molecule has 272 valence electrons. The van der Waals surface area contributed by atoms with Gasteiger partial charge < -0.3 is 4.42 Å². The summed E-state index contributed by atoms with van der Waals surface area (Å²) in [5.41, 5.74) is 9.42. The monoisotopic (exact) mass is 762 g/mol. The number of hydrogen-bond acceptors (Lipinski definition) is 7. The summed E-state index contributed by atoms with van der Waals surface area (Å²) < 4.78 is 6.59. The highest BCUT2D eigenvalue weighted by molar-refractivity contribution is 7.99. The van der Waals surface area contributed by atoms with Crippen molar-refractivity contribution in [1.29, 1.82) is 0 Å². The first-order valence-electron chi connectivity index (χ1n) is 18.7. The van der Waals surface area contributed by atoms with Crippen molar-refractivity contribution in [3.05, 3.63) is 194 Å². The summed E-state index contributed by atoms with van der Waals surface area (Å²) in [5, 5.41) is 1.88. The first-order valence-corrected chi connectivity index (χ1v) is 19.5. The summed E-state index contributed by atoms with van der Waals surface area (Å²) in [4.78, 5) is 30.6. The number of rotatable bonds is 8. The summed E-state index contributed by atoms with van der Waals surface area (Å²) in [5.74, 6) is 2.29. The Bertz CT molecular complexity index is 3130. The average molecular weight is 763 g/mol. The molecule has 8 heteroatoms. The molecule has 0 aliphatic heterocycles. The molecule has 3 aromatic heterocycles. The van der Waals surface area contributed by atoms with Gasteiger partial charge in [-0.3, -0.25) is 0 Å². The van der Waals surface area contributed by atoms with Crippen LogP contribution in [-0.2, 0) is 0 Å². The van der Waals surface area contributed by atoms with Gasteiger partial charge in [0.15, 0.2) is 29.0 Å². The molecule has 0 atom stereocenters. The summed E-state index contributed by atoms with van der Waals surface area (Å²) >= 11 is 1.65. The van der Waals surface area contributed by atoms with Crippen LogP contribution in [0, 0.1) is 6.57 Å². The lowest BCUT2D eigenvalue weighted by molar-refractivity contribution is 0.669. The van der Waals surface area contributed by atoms with Crippen molar-refractivity contribution in [2.45, 2.75) is 9.79 Å². The van der Waals surface area contributed by atoms with E-state index < -0.39 is 0 Å². The lowest BCUT2D eigenvalue weighted by Gasteiger charge is -2.11. The molecule has 0 spiro atoms. The molecule has 0 bridgehead atoms. The van der Waals surface area contributed by atoms with Gasteiger partial charge >= 0.3 is 0 Å². The van der Waals surface area contributed by atoms with Crippen molar-refractivity contribution in [3.63, 3.8) is 0 Å². The lowest BCUT2D eigenvalue weighted by atomic mass is 10.0. The molecule has 0 saturated heterocycles. The van der Waals surface area contributed by atoms with Crippen LogP contribution in [0.25, 0.3) is 94.7 Å². The van der Waals surface area contributed by atoms with Crippen LogP contribution in [0.15, 0.2) is 196 Å². The average Bonchev–Trinajstić information content (AvgIpc) is 3.68. The third kappa shape index (κ3) is 6.76. The normalized spacial score (nSPS) is 11.2. The van der Waals surface area contributed by atoms with Gasteiger partial charge in [-0.2, -0.15) is 0 Å². The van der Waals surface area contributed by atoms with E-state index in [2.05, 4.69) is 53.4 Å². The molecule has 0 fully saturated rings. The molecule has 10 rings (SSSR count). The van der Waals surface area contributed by atoms with Crippen LogP contribution in [0.4, 0.5) is 5.69 Å². The van der Waals surface area contributed by atoms with Crippen molar-refractivity contribution < 1.29 is 4.42 Å². The third-order valence-electron chi connectivity index (χ3n) is 9.91. The largest absolute Gasteiger partial charge is 0.455 e. The summed E-state index contributed by atoms with van der Waals surface area (Å²) in [7, 11) is 0. The molecule has 0 N–H and O–H groups in total. The highest BCUT2D eigenvalue weighted by Gasteiger charge is 2.19. The first-order chi connectivity index (χ1) is 28.7. The van der Waals surface area contributed by atoms with Crippen LogP contribution in [0.5, 0.6) is 0 Å². The summed E-state index contributed by atoms with van der Waals surface area (Å²) in [6.45, 7) is 7.27. The van der Waals surface area contributed by atoms with Gasteiger partial charge in [-0.25, -0.2) is 29.8 Å². The molecule has 0 unspecified atom stereocenters. The predicted molar refractivity (Wildman–Crippen MR) is 232 cm³/mol. The Hall–Kier alpha value is -7.73. The number of hydrogen-bond donors (Lipinski definition) is 0. The first kappa shape index (κ1) is 34.7. The van der Waals surface area contributed by atoms with E-state index in [1.54, 1.807) is 11.8 Å². The van der Waals surface area contributed by atoms with Gasteiger partial charge in [0.1, 0.15) is 11.2 Å². The van der Waals surface area contributed by atoms with Crippen molar-refractivity contribution in [3.8, 4) is 67.9 Å². The molecule has 0 radical (unpaired) electrons. The van der Waals surface area contributed by atoms with E-state index in [4.69, 9.17) is 35.9 Å². The van der Waals surface area contributed by atoms with E-state index in [1.165, 1.54) is 0 Å². The Balaban J connectivity index is 1.05. The zero-order valence-electron chi connectivity index (χ0n) is 30.8. The van der Waals surface area contributed by atoms with Crippen molar-refractivity contribution >= 4 is 39.4 Å². The van der Waals surface area contributed by atoms with E-state index >= 15 is 0 Å². The van der Waals surface area contributed by atoms with Gasteiger partial charge in [0, 0.05) is 44.1 Å². The quantitative estimate of drug-likeness (QED) is 0.143. The molecule has 10 aromatic rings. The molecule has 7 nitrogen and oxygen atoms in total. The van der Waals surface area contributed by atoms with Crippen molar-refractivity contribution in [2.24, 2.45) is 0 Å². The number of furan rings is 1. The minimum atomic E-state index is 0.553. The Morgan fingerprint density at radius 2 is 1.03 bits per heavy atom. The third-order valence-corrected chi connectivity index (χ3v) is 10.9. The van der Waals surface area contributed by atoms with Crippen molar-refractivity contribution in [1.82, 2.24) is 24.9 Å². The van der Waals surface area contributed by atoms with E-state index in [1.807, 2.05) is 134 Å². The van der Waals surface area contributed by atoms with Crippen LogP contribution >= 0.6 is 11.8 Å². The molecule has 0 aliphatic rings. The van der Waals surface area contributed by atoms with Crippen LogP contribution in [0.3, 0.4) is 0 Å². The fraction of sp³-hybridized carbons (Fsp3) is 0. The maximum atomic E-state index is 7.27. The fourth-order valence-corrected chi connectivity index (χ4v) is 7.91. The van der Waals surface area contributed by atoms with Gasteiger partial charge in [0.2, 0.25) is 0 Å². The molecular weight excluding hydrogens is 733 g/mol. The zero-order valence-corrected chi connectivity index (χ0v) is 31.6. The Morgan fingerprint density at radius 1 is 0.466 bits per heavy atom. The van der Waals surface area contributed by atoms with Gasteiger partial charge in [-0.05, 0) is 47.5 Å². The highest BCUT2D eigenvalue weighted by Crippen LogP contribution is 2.40. The van der Waals surface area contributed by atoms with Crippen LogP contribution in [-0.4, -0.2) is 24.9 Å². The predicted octanol–water partition coefficient (Wildman–Crippen LogP) is 13.3. The molecule has 7 aromatic carbocycles. The molecule has 58 heavy (non-hydrogen) atoms. The summed E-state index contributed by atoms with van der Waals surface area (Å²) in [6.07, 6.45) is 1.91. The maximum Gasteiger partial charge on any atom is 0.187 e. The maximum absolute atomic E-state index is 7.27. The standard InChI is InChI=1S/C50H30N6OS/c1-51-38-27-24-33(25-28-38)32-20-22-36(23-21-32)48-54-47(35-14-7-3-8-15-35)55-49(56-48)37-26-29-43-42(30-37)40-18-11-19-41(46(40)57-43)50-52-31-44(58-39-16-9-4-10-17-39)45(53-50)34-12-5-2-6-13-34/h2-31H. The number of fused-ring (bicyclic) bond motifs is 3. The lowest BCUT2D eigenvalue weighted by Crippen LogP contribution is -2.00. The van der Waals surface area contributed by atoms with Gasteiger partial charge in [-0.15, -0.1) is 0 Å². The summed E-state index contributed by atoms with van der Waals surface area (Å²) in [6, 6.07) is 58.4. The second kappa shape index (κ2) is 15.1. The van der Waals surface area contributed by atoms with E-state index in [0.29, 0.717) is 34.6 Å². The number of para-hydroxylation sites is 1. The minimum absolute atomic E-state index is 0.553. The second-order valence-corrected chi connectivity index (χ2v) is 14.7. The molecule has 0 aliphatic carbocycles.